The summed E-state index contributed by atoms with van der Waals surface area (Å²) >= 11 is 0. The minimum absolute atomic E-state index is 0.0112. The monoisotopic (exact) mass is 321 g/mol. The fourth-order valence-electron chi connectivity index (χ4n) is 2.49. The first kappa shape index (κ1) is 17.1. The average molecular weight is 321 g/mol. The largest absolute Gasteiger partial charge is 0.497 e. The van der Waals surface area contributed by atoms with Gasteiger partial charge in [0.15, 0.2) is 0 Å². The third kappa shape index (κ3) is 4.85. The molecule has 0 saturated carbocycles. The number of hydrogen-bond acceptors (Lipinski definition) is 4. The van der Waals surface area contributed by atoms with Crippen LogP contribution in [-0.4, -0.2) is 51.9 Å². The van der Waals surface area contributed by atoms with Gasteiger partial charge in [0.05, 0.1) is 13.2 Å². The van der Waals surface area contributed by atoms with Crippen molar-refractivity contribution in [2.24, 2.45) is 0 Å². The van der Waals surface area contributed by atoms with Gasteiger partial charge in [0.1, 0.15) is 5.75 Å². The van der Waals surface area contributed by atoms with E-state index in [4.69, 9.17) is 9.47 Å². The van der Waals surface area contributed by atoms with Crippen molar-refractivity contribution in [2.75, 3.05) is 38.8 Å². The van der Waals surface area contributed by atoms with Crippen LogP contribution in [0.2, 0.25) is 0 Å². The lowest BCUT2D eigenvalue weighted by atomic mass is 10.2. The highest BCUT2D eigenvalue weighted by Gasteiger charge is 2.31. The fourth-order valence-corrected chi connectivity index (χ4v) is 2.49. The molecule has 1 saturated heterocycles. The van der Waals surface area contributed by atoms with Gasteiger partial charge in [-0.05, 0) is 18.6 Å². The van der Waals surface area contributed by atoms with Gasteiger partial charge in [0, 0.05) is 45.0 Å². The van der Waals surface area contributed by atoms with Gasteiger partial charge in [-0.1, -0.05) is 6.07 Å². The number of methoxy groups -OCH3 is 2. The maximum atomic E-state index is 12.2. The molecule has 1 atom stereocenters. The third-order valence-electron chi connectivity index (χ3n) is 3.64. The van der Waals surface area contributed by atoms with Crippen LogP contribution >= 0.6 is 0 Å². The second kappa shape index (κ2) is 8.38. The van der Waals surface area contributed by atoms with Crippen LogP contribution < -0.4 is 20.3 Å². The van der Waals surface area contributed by atoms with Crippen LogP contribution in [-0.2, 0) is 9.53 Å². The summed E-state index contributed by atoms with van der Waals surface area (Å²) in [5.41, 5.74) is 0.777. The van der Waals surface area contributed by atoms with E-state index < -0.39 is 0 Å². The van der Waals surface area contributed by atoms with Gasteiger partial charge < -0.3 is 25.0 Å². The summed E-state index contributed by atoms with van der Waals surface area (Å²) in [6, 6.07) is 6.87. The van der Waals surface area contributed by atoms with E-state index in [2.05, 4.69) is 10.6 Å². The summed E-state index contributed by atoms with van der Waals surface area (Å²) in [5, 5.41) is 5.58. The summed E-state index contributed by atoms with van der Waals surface area (Å²) < 4.78 is 10.1. The van der Waals surface area contributed by atoms with Gasteiger partial charge in [0.25, 0.3) is 0 Å². The Balaban J connectivity index is 1.85. The van der Waals surface area contributed by atoms with Crippen molar-refractivity contribution >= 4 is 17.6 Å². The van der Waals surface area contributed by atoms with Crippen molar-refractivity contribution in [3.8, 4) is 5.75 Å². The Morgan fingerprint density at radius 1 is 1.39 bits per heavy atom. The molecule has 126 valence electrons. The first-order valence-corrected chi connectivity index (χ1v) is 7.61. The number of rotatable bonds is 7. The number of hydrogen-bond donors (Lipinski definition) is 2. The number of ether oxygens (including phenoxy) is 2. The quantitative estimate of drug-likeness (QED) is 0.738. The van der Waals surface area contributed by atoms with Gasteiger partial charge in [-0.25, -0.2) is 4.79 Å². The van der Waals surface area contributed by atoms with Gasteiger partial charge in [-0.2, -0.15) is 0 Å². The molecule has 7 heteroatoms. The van der Waals surface area contributed by atoms with E-state index in [0.29, 0.717) is 31.9 Å². The topological polar surface area (TPSA) is 79.9 Å². The predicted octanol–water partition coefficient (Wildman–Crippen LogP) is 1.14. The molecular weight excluding hydrogens is 298 g/mol. The molecule has 0 radical (unpaired) electrons. The van der Waals surface area contributed by atoms with Crippen LogP contribution in [0.15, 0.2) is 24.3 Å². The van der Waals surface area contributed by atoms with E-state index in [-0.39, 0.29) is 18.0 Å². The Bertz CT molecular complexity index is 550. The van der Waals surface area contributed by atoms with Gasteiger partial charge in [0.2, 0.25) is 5.91 Å². The van der Waals surface area contributed by atoms with Gasteiger partial charge in [-0.3, -0.25) is 4.79 Å². The Morgan fingerprint density at radius 3 is 2.96 bits per heavy atom. The molecule has 0 aromatic heterocycles. The number of carbonyl (C=O) groups excluding carboxylic acids is 2. The first-order valence-electron chi connectivity index (χ1n) is 7.61. The highest BCUT2D eigenvalue weighted by atomic mass is 16.5. The number of carbonyl (C=O) groups is 2. The Labute approximate surface area is 135 Å². The zero-order chi connectivity index (χ0) is 16.7. The molecule has 1 aromatic carbocycles. The lowest BCUT2D eigenvalue weighted by Crippen LogP contribution is -2.43. The van der Waals surface area contributed by atoms with E-state index in [1.54, 1.807) is 19.1 Å². The minimum atomic E-state index is -0.258. The second-order valence-corrected chi connectivity index (χ2v) is 5.35. The second-order valence-electron chi connectivity index (χ2n) is 5.35. The third-order valence-corrected chi connectivity index (χ3v) is 3.64. The molecule has 0 spiro atoms. The van der Waals surface area contributed by atoms with Crippen LogP contribution in [0, 0.1) is 0 Å². The summed E-state index contributed by atoms with van der Waals surface area (Å²) in [6.07, 6.45) is 1.05. The van der Waals surface area contributed by atoms with E-state index in [0.717, 1.165) is 12.1 Å². The summed E-state index contributed by atoms with van der Waals surface area (Å²) in [7, 11) is 3.21. The van der Waals surface area contributed by atoms with Crippen LogP contribution in [0.5, 0.6) is 5.75 Å². The number of nitrogens with zero attached hydrogens (tertiary/aromatic N) is 1. The smallest absolute Gasteiger partial charge is 0.315 e. The Morgan fingerprint density at radius 2 is 2.22 bits per heavy atom. The molecule has 1 aliphatic rings. The molecule has 1 fully saturated rings. The number of urea groups is 1. The van der Waals surface area contributed by atoms with Crippen LogP contribution in [0.25, 0.3) is 0 Å². The molecule has 2 rings (SSSR count). The Kier molecular flexibility index (Phi) is 6.22. The minimum Gasteiger partial charge on any atom is -0.497 e. The maximum absolute atomic E-state index is 12.2. The first-order chi connectivity index (χ1) is 11.1. The number of nitrogens with one attached hydrogen (secondary N) is 2. The van der Waals surface area contributed by atoms with Gasteiger partial charge >= 0.3 is 6.03 Å². The number of anilines is 1. The van der Waals surface area contributed by atoms with Crippen molar-refractivity contribution in [1.29, 1.82) is 0 Å². The maximum Gasteiger partial charge on any atom is 0.315 e. The van der Waals surface area contributed by atoms with Crippen LogP contribution in [0.1, 0.15) is 12.8 Å². The fraction of sp³-hybridized carbons (Fsp3) is 0.500. The van der Waals surface area contributed by atoms with E-state index in [9.17, 15) is 9.59 Å². The molecule has 23 heavy (non-hydrogen) atoms. The molecule has 1 aromatic rings. The van der Waals surface area contributed by atoms with Crippen molar-refractivity contribution in [2.45, 2.75) is 18.9 Å². The van der Waals surface area contributed by atoms with Gasteiger partial charge in [-0.15, -0.1) is 0 Å². The molecule has 1 heterocycles. The van der Waals surface area contributed by atoms with Crippen molar-refractivity contribution in [3.05, 3.63) is 24.3 Å². The standard InChI is InChI=1S/C16H23N3O4/c1-22-8-4-7-17-16(21)18-12-9-15(20)19(11-12)13-5-3-6-14(10-13)23-2/h3,5-6,10,12H,4,7-9,11H2,1-2H3,(H2,17,18,21)/t12-/m1/s1. The molecular formula is C16H23N3O4. The predicted molar refractivity (Wildman–Crippen MR) is 86.8 cm³/mol. The van der Waals surface area contributed by atoms with Crippen LogP contribution in [0.3, 0.4) is 0 Å². The molecule has 2 N–H and O–H groups in total. The van der Waals surface area contributed by atoms with Crippen molar-refractivity contribution in [1.82, 2.24) is 10.6 Å². The lowest BCUT2D eigenvalue weighted by molar-refractivity contribution is -0.117. The average Bonchev–Trinajstić information content (AvgIpc) is 2.92. The molecule has 0 aliphatic carbocycles. The summed E-state index contributed by atoms with van der Waals surface area (Å²) in [6.45, 7) is 1.60. The summed E-state index contributed by atoms with van der Waals surface area (Å²) in [5.74, 6) is 0.686. The van der Waals surface area contributed by atoms with E-state index in [1.807, 2.05) is 24.3 Å². The number of benzene rings is 1. The van der Waals surface area contributed by atoms with E-state index >= 15 is 0 Å². The van der Waals surface area contributed by atoms with Crippen molar-refractivity contribution < 1.29 is 19.1 Å². The Hall–Kier alpha value is -2.28. The molecule has 3 amide bonds. The molecule has 0 bridgehead atoms. The van der Waals surface area contributed by atoms with Crippen LogP contribution in [0.4, 0.5) is 10.5 Å². The highest BCUT2D eigenvalue weighted by molar-refractivity contribution is 5.97. The normalized spacial score (nSPS) is 17.2. The number of amides is 3. The lowest BCUT2D eigenvalue weighted by Gasteiger charge is -2.18. The zero-order valence-electron chi connectivity index (χ0n) is 13.5. The summed E-state index contributed by atoms with van der Waals surface area (Å²) in [4.78, 5) is 25.6. The van der Waals surface area contributed by atoms with Crippen molar-refractivity contribution in [3.63, 3.8) is 0 Å². The molecule has 0 unspecified atom stereocenters. The van der Waals surface area contributed by atoms with E-state index in [1.165, 1.54) is 0 Å². The zero-order valence-corrected chi connectivity index (χ0v) is 13.5. The molecule has 1 aliphatic heterocycles. The highest BCUT2D eigenvalue weighted by Crippen LogP contribution is 2.25. The SMILES string of the molecule is COCCCNC(=O)N[C@@H]1CC(=O)N(c2cccc(OC)c2)C1. The molecule has 7 nitrogen and oxygen atoms in total.